The molecule has 0 N–H and O–H groups in total. The third-order valence-electron chi connectivity index (χ3n) is 4.80. The Hall–Kier alpha value is -3.29. The number of ether oxygens (including phenoxy) is 2. The van der Waals surface area contributed by atoms with E-state index in [4.69, 9.17) is 4.74 Å². The lowest BCUT2D eigenvalue weighted by molar-refractivity contribution is -0.274. The van der Waals surface area contributed by atoms with E-state index < -0.39 is 6.36 Å². The van der Waals surface area contributed by atoms with Crippen LogP contribution in [0.15, 0.2) is 59.6 Å². The van der Waals surface area contributed by atoms with E-state index in [-0.39, 0.29) is 11.8 Å². The van der Waals surface area contributed by atoms with Crippen LogP contribution in [0.25, 0.3) is 0 Å². The van der Waals surface area contributed by atoms with Gasteiger partial charge < -0.3 is 9.47 Å². The van der Waals surface area contributed by atoms with Crippen LogP contribution in [0.3, 0.4) is 0 Å². The summed E-state index contributed by atoms with van der Waals surface area (Å²) in [7, 11) is 0. The van der Waals surface area contributed by atoms with Gasteiger partial charge in [0.05, 0.1) is 6.54 Å². The number of aryl methyl sites for hydroxylation is 2. The molecule has 0 bridgehead atoms. The van der Waals surface area contributed by atoms with Gasteiger partial charge in [-0.2, -0.15) is 5.10 Å². The van der Waals surface area contributed by atoms with E-state index in [1.807, 2.05) is 24.6 Å². The van der Waals surface area contributed by atoms with E-state index in [0.29, 0.717) is 24.7 Å². The lowest BCUT2D eigenvalue weighted by Gasteiger charge is -2.10. The van der Waals surface area contributed by atoms with Crippen molar-refractivity contribution in [3.8, 4) is 5.75 Å². The van der Waals surface area contributed by atoms with E-state index in [9.17, 15) is 13.2 Å². The molecule has 0 amide bonds. The Kier molecular flexibility index (Phi) is 5.24. The first-order valence-electron chi connectivity index (χ1n) is 9.43. The summed E-state index contributed by atoms with van der Waals surface area (Å²) in [6, 6.07) is 15.5. The number of nitrogens with zero attached hydrogens (tertiary/aromatic N) is 3. The topological polar surface area (TPSA) is 48.6 Å². The lowest BCUT2D eigenvalue weighted by Crippen LogP contribution is -2.17. The molecule has 0 saturated heterocycles. The zero-order chi connectivity index (χ0) is 21.3. The van der Waals surface area contributed by atoms with Gasteiger partial charge in [-0.25, -0.2) is 4.99 Å². The second-order valence-electron chi connectivity index (χ2n) is 7.19. The van der Waals surface area contributed by atoms with Gasteiger partial charge in [-0.05, 0) is 43.2 Å². The third-order valence-corrected chi connectivity index (χ3v) is 4.80. The fourth-order valence-corrected chi connectivity index (χ4v) is 3.22. The number of aromatic nitrogens is 2. The molecule has 1 atom stereocenters. The Bertz CT molecular complexity index is 1050. The maximum absolute atomic E-state index is 12.3. The summed E-state index contributed by atoms with van der Waals surface area (Å²) in [5.74, 6) is 0.168. The van der Waals surface area contributed by atoms with E-state index >= 15 is 0 Å². The number of halogens is 3. The van der Waals surface area contributed by atoms with Gasteiger partial charge >= 0.3 is 6.36 Å². The largest absolute Gasteiger partial charge is 0.573 e. The van der Waals surface area contributed by atoms with Crippen LogP contribution in [0, 0.1) is 13.8 Å². The molecule has 4 rings (SSSR count). The summed E-state index contributed by atoms with van der Waals surface area (Å²) in [6.07, 6.45) is -4.71. The highest BCUT2D eigenvalue weighted by molar-refractivity contribution is 5.93. The normalized spacial score (nSPS) is 16.3. The van der Waals surface area contributed by atoms with Crippen molar-refractivity contribution in [2.24, 2.45) is 4.99 Å². The van der Waals surface area contributed by atoms with E-state index in [1.165, 1.54) is 17.7 Å². The van der Waals surface area contributed by atoms with Gasteiger partial charge in [-0.3, -0.25) is 4.68 Å². The summed E-state index contributed by atoms with van der Waals surface area (Å²) in [5.41, 5.74) is 4.71. The molecule has 1 aliphatic rings. The molecule has 1 aliphatic heterocycles. The first-order chi connectivity index (χ1) is 14.3. The highest BCUT2D eigenvalue weighted by atomic mass is 19.4. The van der Waals surface area contributed by atoms with Crippen LogP contribution in [0.2, 0.25) is 0 Å². The van der Waals surface area contributed by atoms with Crippen LogP contribution in [-0.4, -0.2) is 28.6 Å². The van der Waals surface area contributed by atoms with Gasteiger partial charge in [-0.15, -0.1) is 13.2 Å². The summed E-state index contributed by atoms with van der Waals surface area (Å²) in [5, 5.41) is 4.61. The van der Waals surface area contributed by atoms with Crippen LogP contribution in [-0.2, 0) is 11.3 Å². The zero-order valence-corrected chi connectivity index (χ0v) is 16.5. The average Bonchev–Trinajstić information content (AvgIpc) is 3.30. The number of aliphatic imine (C=N–C) groups is 1. The van der Waals surface area contributed by atoms with E-state index in [2.05, 4.69) is 39.1 Å². The van der Waals surface area contributed by atoms with Gasteiger partial charge in [0.25, 0.3) is 0 Å². The molecule has 0 aliphatic carbocycles. The van der Waals surface area contributed by atoms with Crippen LogP contribution in [0.5, 0.6) is 5.75 Å². The molecule has 0 fully saturated rings. The van der Waals surface area contributed by atoms with Crippen molar-refractivity contribution in [3.63, 3.8) is 0 Å². The van der Waals surface area contributed by atoms with Crippen molar-refractivity contribution in [3.05, 3.63) is 82.7 Å². The predicted molar refractivity (Wildman–Crippen MR) is 106 cm³/mol. The minimum absolute atomic E-state index is 0.264. The molecule has 3 aromatic rings. The molecule has 0 spiro atoms. The molecular weight excluding hydrogens is 395 g/mol. The average molecular weight is 415 g/mol. The van der Waals surface area contributed by atoms with Crippen molar-refractivity contribution < 1.29 is 22.6 Å². The SMILES string of the molecule is Cc1ccc(Cn2nc(C3=NC(c4ccc(OC(F)(F)F)cc4)CO3)cc2C)cc1. The molecule has 2 aromatic carbocycles. The molecule has 1 aromatic heterocycles. The van der Waals surface area contributed by atoms with Crippen LogP contribution < -0.4 is 4.74 Å². The van der Waals surface area contributed by atoms with Crippen molar-refractivity contribution in [1.29, 1.82) is 0 Å². The zero-order valence-electron chi connectivity index (χ0n) is 16.5. The first-order valence-corrected chi connectivity index (χ1v) is 9.43. The van der Waals surface area contributed by atoms with Gasteiger partial charge in [-0.1, -0.05) is 42.0 Å². The van der Waals surface area contributed by atoms with E-state index in [1.54, 1.807) is 12.1 Å². The fraction of sp³-hybridized carbons (Fsp3) is 0.273. The van der Waals surface area contributed by atoms with Crippen molar-refractivity contribution in [2.45, 2.75) is 32.8 Å². The molecule has 0 radical (unpaired) electrons. The minimum Gasteiger partial charge on any atom is -0.474 e. The molecule has 5 nitrogen and oxygen atoms in total. The van der Waals surface area contributed by atoms with Crippen molar-refractivity contribution in [2.75, 3.05) is 6.61 Å². The minimum atomic E-state index is -4.71. The standard InChI is InChI=1S/C22H20F3N3O2/c1-14-3-5-16(6-4-14)12-28-15(2)11-19(27-28)21-26-20(13-29-21)17-7-9-18(10-8-17)30-22(23,24)25/h3-11,20H,12-13H2,1-2H3. The number of alkyl halides is 3. The molecular formula is C22H20F3N3O2. The molecule has 2 heterocycles. The highest BCUT2D eigenvalue weighted by Gasteiger charge is 2.31. The Morgan fingerprint density at radius 3 is 2.43 bits per heavy atom. The summed E-state index contributed by atoms with van der Waals surface area (Å²) < 4.78 is 48.4. The Morgan fingerprint density at radius 2 is 1.77 bits per heavy atom. The smallest absolute Gasteiger partial charge is 0.474 e. The van der Waals surface area contributed by atoms with E-state index in [0.717, 1.165) is 16.8 Å². The van der Waals surface area contributed by atoms with Gasteiger partial charge in [0.15, 0.2) is 0 Å². The monoisotopic (exact) mass is 415 g/mol. The van der Waals surface area contributed by atoms with Gasteiger partial charge in [0.2, 0.25) is 5.90 Å². The second-order valence-corrected chi connectivity index (χ2v) is 7.19. The van der Waals surface area contributed by atoms with Crippen molar-refractivity contribution in [1.82, 2.24) is 9.78 Å². The maximum atomic E-state index is 12.3. The predicted octanol–water partition coefficient (Wildman–Crippen LogP) is 4.96. The summed E-state index contributed by atoms with van der Waals surface area (Å²) in [6.45, 7) is 4.96. The Labute approximate surface area is 171 Å². The Balaban J connectivity index is 1.48. The molecule has 156 valence electrons. The van der Waals surface area contributed by atoms with Crippen LogP contribution >= 0.6 is 0 Å². The summed E-state index contributed by atoms with van der Waals surface area (Å²) >= 11 is 0. The van der Waals surface area contributed by atoms with Crippen molar-refractivity contribution >= 4 is 5.90 Å². The first kappa shape index (κ1) is 20.0. The van der Waals surface area contributed by atoms with Crippen LogP contribution in [0.1, 0.15) is 34.1 Å². The third kappa shape index (κ3) is 4.64. The molecule has 1 unspecified atom stereocenters. The molecule has 30 heavy (non-hydrogen) atoms. The lowest BCUT2D eigenvalue weighted by atomic mass is 10.1. The second kappa shape index (κ2) is 7.85. The van der Waals surface area contributed by atoms with Gasteiger partial charge in [0.1, 0.15) is 24.1 Å². The summed E-state index contributed by atoms with van der Waals surface area (Å²) in [4.78, 5) is 4.56. The molecule has 0 saturated carbocycles. The number of rotatable bonds is 5. The maximum Gasteiger partial charge on any atom is 0.573 e. The number of hydrogen-bond donors (Lipinski definition) is 0. The van der Waals surface area contributed by atoms with Crippen LogP contribution in [0.4, 0.5) is 13.2 Å². The number of benzene rings is 2. The fourth-order valence-electron chi connectivity index (χ4n) is 3.22. The Morgan fingerprint density at radius 1 is 1.07 bits per heavy atom. The molecule has 8 heteroatoms. The quantitative estimate of drug-likeness (QED) is 0.592. The number of hydrogen-bond acceptors (Lipinski definition) is 4. The van der Waals surface area contributed by atoms with Gasteiger partial charge in [0, 0.05) is 5.69 Å². The highest BCUT2D eigenvalue weighted by Crippen LogP contribution is 2.28.